The zero-order valence-corrected chi connectivity index (χ0v) is 11.3. The second kappa shape index (κ2) is 6.95. The third-order valence-electron chi connectivity index (χ3n) is 3.16. The van der Waals surface area contributed by atoms with Crippen molar-refractivity contribution in [2.24, 2.45) is 5.41 Å². The molecule has 0 aromatic carbocycles. The number of hydrogen-bond donors (Lipinski definition) is 1. The SMILES string of the molecule is CN(CCCC(C)(C)C#N)CC1CNCCO1. The first-order chi connectivity index (χ1) is 8.03. The Morgan fingerprint density at radius 3 is 2.88 bits per heavy atom. The molecule has 98 valence electrons. The molecule has 1 aliphatic heterocycles. The Balaban J connectivity index is 2.12. The Kier molecular flexibility index (Phi) is 5.90. The van der Waals surface area contributed by atoms with Gasteiger partial charge in [-0.1, -0.05) is 0 Å². The topological polar surface area (TPSA) is 48.3 Å². The summed E-state index contributed by atoms with van der Waals surface area (Å²) in [7, 11) is 2.12. The molecule has 1 aliphatic rings. The smallest absolute Gasteiger partial charge is 0.0826 e. The van der Waals surface area contributed by atoms with E-state index in [4.69, 9.17) is 10.00 Å². The number of nitriles is 1. The molecule has 1 saturated heterocycles. The maximum Gasteiger partial charge on any atom is 0.0826 e. The van der Waals surface area contributed by atoms with E-state index in [1.807, 2.05) is 13.8 Å². The van der Waals surface area contributed by atoms with Crippen LogP contribution < -0.4 is 5.32 Å². The highest BCUT2D eigenvalue weighted by atomic mass is 16.5. The number of morpholine rings is 1. The van der Waals surface area contributed by atoms with Gasteiger partial charge in [-0.25, -0.2) is 0 Å². The van der Waals surface area contributed by atoms with Gasteiger partial charge in [-0.2, -0.15) is 5.26 Å². The fourth-order valence-electron chi connectivity index (χ4n) is 2.02. The molecule has 1 heterocycles. The van der Waals surface area contributed by atoms with Crippen molar-refractivity contribution in [3.05, 3.63) is 0 Å². The van der Waals surface area contributed by atoms with Crippen molar-refractivity contribution in [1.82, 2.24) is 10.2 Å². The Hall–Kier alpha value is -0.630. The standard InChI is InChI=1S/C13H25N3O/c1-13(2,11-14)5-4-7-16(3)10-12-9-15-6-8-17-12/h12,15H,4-10H2,1-3H3. The zero-order valence-electron chi connectivity index (χ0n) is 11.3. The summed E-state index contributed by atoms with van der Waals surface area (Å²) in [6.07, 6.45) is 2.34. The second-order valence-electron chi connectivity index (χ2n) is 5.56. The van der Waals surface area contributed by atoms with Gasteiger partial charge < -0.3 is 15.0 Å². The molecule has 0 saturated carbocycles. The van der Waals surface area contributed by atoms with E-state index in [2.05, 4.69) is 23.3 Å². The quantitative estimate of drug-likeness (QED) is 0.757. The van der Waals surface area contributed by atoms with Gasteiger partial charge in [0.05, 0.1) is 24.2 Å². The van der Waals surface area contributed by atoms with Crippen molar-refractivity contribution in [3.8, 4) is 6.07 Å². The maximum absolute atomic E-state index is 8.93. The van der Waals surface area contributed by atoms with E-state index in [1.165, 1.54) is 0 Å². The molecule has 1 unspecified atom stereocenters. The van der Waals surface area contributed by atoms with Crippen LogP contribution in [-0.2, 0) is 4.74 Å². The summed E-state index contributed by atoms with van der Waals surface area (Å²) in [4.78, 5) is 2.30. The first kappa shape index (κ1) is 14.4. The molecule has 0 aromatic heterocycles. The molecule has 4 heteroatoms. The third-order valence-corrected chi connectivity index (χ3v) is 3.16. The molecule has 4 nitrogen and oxygen atoms in total. The molecule has 1 N–H and O–H groups in total. The number of likely N-dealkylation sites (N-methyl/N-ethyl adjacent to an activating group) is 1. The van der Waals surface area contributed by atoms with Crippen molar-refractivity contribution in [1.29, 1.82) is 5.26 Å². The highest BCUT2D eigenvalue weighted by Gasteiger charge is 2.18. The molecule has 0 aromatic rings. The minimum atomic E-state index is -0.191. The Morgan fingerprint density at radius 1 is 1.53 bits per heavy atom. The van der Waals surface area contributed by atoms with E-state index >= 15 is 0 Å². The van der Waals surface area contributed by atoms with Crippen molar-refractivity contribution < 1.29 is 4.74 Å². The third kappa shape index (κ3) is 6.02. The molecular formula is C13H25N3O. The summed E-state index contributed by atoms with van der Waals surface area (Å²) in [5.41, 5.74) is -0.191. The van der Waals surface area contributed by atoms with Gasteiger partial charge in [0.1, 0.15) is 0 Å². The molecule has 0 aliphatic carbocycles. The number of nitrogens with zero attached hydrogens (tertiary/aromatic N) is 2. The Labute approximate surface area is 105 Å². The average Bonchev–Trinajstić information content (AvgIpc) is 2.30. The first-order valence-electron chi connectivity index (χ1n) is 6.45. The predicted molar refractivity (Wildman–Crippen MR) is 68.7 cm³/mol. The number of hydrogen-bond acceptors (Lipinski definition) is 4. The van der Waals surface area contributed by atoms with Gasteiger partial charge in [-0.3, -0.25) is 0 Å². The van der Waals surface area contributed by atoms with Gasteiger partial charge >= 0.3 is 0 Å². The normalized spacial score (nSPS) is 21.5. The molecule has 0 amide bonds. The van der Waals surface area contributed by atoms with Crippen LogP contribution in [0.15, 0.2) is 0 Å². The lowest BCUT2D eigenvalue weighted by atomic mass is 9.90. The van der Waals surface area contributed by atoms with E-state index in [0.717, 1.165) is 45.6 Å². The Morgan fingerprint density at radius 2 is 2.29 bits per heavy atom. The van der Waals surface area contributed by atoms with Gasteiger partial charge in [0.25, 0.3) is 0 Å². The molecular weight excluding hydrogens is 214 g/mol. The Bertz CT molecular complexity index is 254. The lowest BCUT2D eigenvalue weighted by molar-refractivity contribution is 0.00968. The van der Waals surface area contributed by atoms with E-state index < -0.39 is 0 Å². The van der Waals surface area contributed by atoms with Crippen LogP contribution in [-0.4, -0.2) is 50.8 Å². The van der Waals surface area contributed by atoms with Crippen LogP contribution in [0, 0.1) is 16.7 Å². The van der Waals surface area contributed by atoms with Crippen molar-refractivity contribution in [2.45, 2.75) is 32.8 Å². The molecule has 0 spiro atoms. The van der Waals surface area contributed by atoms with Crippen LogP contribution in [0.1, 0.15) is 26.7 Å². The largest absolute Gasteiger partial charge is 0.374 e. The molecule has 1 atom stereocenters. The first-order valence-corrected chi connectivity index (χ1v) is 6.45. The van der Waals surface area contributed by atoms with E-state index in [0.29, 0.717) is 6.10 Å². The van der Waals surface area contributed by atoms with Gasteiger partial charge in [0.15, 0.2) is 0 Å². The molecule has 17 heavy (non-hydrogen) atoms. The fourth-order valence-corrected chi connectivity index (χ4v) is 2.02. The predicted octanol–water partition coefficient (Wildman–Crippen LogP) is 1.24. The zero-order chi connectivity index (χ0) is 12.7. The number of rotatable bonds is 6. The summed E-state index contributed by atoms with van der Waals surface area (Å²) < 4.78 is 5.66. The van der Waals surface area contributed by atoms with E-state index in [9.17, 15) is 0 Å². The molecule has 1 rings (SSSR count). The highest BCUT2D eigenvalue weighted by molar-refractivity contribution is 4.91. The minimum Gasteiger partial charge on any atom is -0.374 e. The summed E-state index contributed by atoms with van der Waals surface area (Å²) in [5, 5.41) is 12.3. The van der Waals surface area contributed by atoms with Gasteiger partial charge in [0, 0.05) is 19.6 Å². The summed E-state index contributed by atoms with van der Waals surface area (Å²) in [5.74, 6) is 0. The highest BCUT2D eigenvalue weighted by Crippen LogP contribution is 2.20. The van der Waals surface area contributed by atoms with Crippen LogP contribution in [0.2, 0.25) is 0 Å². The van der Waals surface area contributed by atoms with Crippen molar-refractivity contribution >= 4 is 0 Å². The second-order valence-corrected chi connectivity index (χ2v) is 5.56. The summed E-state index contributed by atoms with van der Waals surface area (Å²) in [6.45, 7) is 8.75. The van der Waals surface area contributed by atoms with Gasteiger partial charge in [0.2, 0.25) is 0 Å². The molecule has 1 fully saturated rings. The van der Waals surface area contributed by atoms with Gasteiger partial charge in [-0.15, -0.1) is 0 Å². The van der Waals surface area contributed by atoms with Crippen LogP contribution in [0.3, 0.4) is 0 Å². The molecule has 0 radical (unpaired) electrons. The van der Waals surface area contributed by atoms with E-state index in [1.54, 1.807) is 0 Å². The van der Waals surface area contributed by atoms with Crippen molar-refractivity contribution in [3.63, 3.8) is 0 Å². The number of nitrogens with one attached hydrogen (secondary N) is 1. The number of ether oxygens (including phenoxy) is 1. The van der Waals surface area contributed by atoms with Crippen LogP contribution in [0.25, 0.3) is 0 Å². The summed E-state index contributed by atoms with van der Waals surface area (Å²) in [6, 6.07) is 2.34. The van der Waals surface area contributed by atoms with Crippen LogP contribution in [0.5, 0.6) is 0 Å². The lowest BCUT2D eigenvalue weighted by Gasteiger charge is -2.28. The van der Waals surface area contributed by atoms with Crippen molar-refractivity contribution in [2.75, 3.05) is 39.8 Å². The van der Waals surface area contributed by atoms with E-state index in [-0.39, 0.29) is 5.41 Å². The minimum absolute atomic E-state index is 0.191. The molecule has 0 bridgehead atoms. The van der Waals surface area contributed by atoms with Crippen LogP contribution in [0.4, 0.5) is 0 Å². The monoisotopic (exact) mass is 239 g/mol. The fraction of sp³-hybridized carbons (Fsp3) is 0.923. The van der Waals surface area contributed by atoms with Crippen LogP contribution >= 0.6 is 0 Å². The summed E-state index contributed by atoms with van der Waals surface area (Å²) >= 11 is 0. The maximum atomic E-state index is 8.93. The average molecular weight is 239 g/mol. The van der Waals surface area contributed by atoms with Gasteiger partial charge in [-0.05, 0) is 40.3 Å². The lowest BCUT2D eigenvalue weighted by Crippen LogP contribution is -2.44.